The molecule has 2 fully saturated rings. The molecule has 0 radical (unpaired) electrons. The molecule has 1 aliphatic carbocycles. The van der Waals surface area contributed by atoms with Gasteiger partial charge in [0.1, 0.15) is 0 Å². The Morgan fingerprint density at radius 3 is 2.50 bits per heavy atom. The smallest absolute Gasteiger partial charge is 0.341 e. The van der Waals surface area contributed by atoms with E-state index in [1.807, 2.05) is 13.0 Å². The second kappa shape index (κ2) is 7.67. The van der Waals surface area contributed by atoms with Crippen molar-refractivity contribution in [2.45, 2.75) is 83.1 Å². The fourth-order valence-corrected chi connectivity index (χ4v) is 3.83. The zero-order valence-electron chi connectivity index (χ0n) is 17.9. The van der Waals surface area contributed by atoms with Gasteiger partial charge in [-0.05, 0) is 52.2 Å². The van der Waals surface area contributed by atoms with E-state index >= 15 is 0 Å². The SMILES string of the molecule is C=C1C(=O)O[C@H]2/C=C(/C)CC/C=C(\C)[C@@H](OC(C)=O)[C@H](OC(=O)C3(C)OC3C)[C@@]12O. The van der Waals surface area contributed by atoms with E-state index in [1.165, 1.54) is 6.92 Å². The number of allylic oxidation sites excluding steroid dienone is 2. The van der Waals surface area contributed by atoms with Crippen LogP contribution in [-0.2, 0) is 33.3 Å². The van der Waals surface area contributed by atoms with Gasteiger partial charge in [0.15, 0.2) is 29.5 Å². The van der Waals surface area contributed by atoms with Crippen LogP contribution in [0.3, 0.4) is 0 Å². The monoisotopic (exact) mass is 420 g/mol. The quantitative estimate of drug-likeness (QED) is 0.242. The molecule has 0 aromatic heterocycles. The molecule has 8 nitrogen and oxygen atoms in total. The van der Waals surface area contributed by atoms with Crippen LogP contribution in [0.1, 0.15) is 47.5 Å². The van der Waals surface area contributed by atoms with Crippen LogP contribution in [0.4, 0.5) is 0 Å². The largest absolute Gasteiger partial charge is 0.454 e. The molecular formula is C22H28O8. The van der Waals surface area contributed by atoms with Gasteiger partial charge in [0, 0.05) is 6.92 Å². The van der Waals surface area contributed by atoms with Gasteiger partial charge in [0.2, 0.25) is 0 Å². The minimum Gasteiger partial charge on any atom is -0.454 e. The summed E-state index contributed by atoms with van der Waals surface area (Å²) in [7, 11) is 0. The highest BCUT2D eigenvalue weighted by molar-refractivity contribution is 5.94. The molecule has 0 bridgehead atoms. The van der Waals surface area contributed by atoms with Crippen LogP contribution in [0.15, 0.2) is 35.5 Å². The summed E-state index contributed by atoms with van der Waals surface area (Å²) in [6, 6.07) is 0. The number of ether oxygens (including phenoxy) is 4. The average Bonchev–Trinajstić information content (AvgIpc) is 3.22. The number of carbonyl (C=O) groups is 3. The van der Waals surface area contributed by atoms with Crippen molar-refractivity contribution in [1.82, 2.24) is 0 Å². The Hall–Kier alpha value is -2.45. The molecule has 3 rings (SSSR count). The van der Waals surface area contributed by atoms with Crippen LogP contribution >= 0.6 is 0 Å². The Morgan fingerprint density at radius 1 is 1.30 bits per heavy atom. The van der Waals surface area contributed by atoms with E-state index in [2.05, 4.69) is 6.58 Å². The molecule has 0 spiro atoms. The van der Waals surface area contributed by atoms with Crippen molar-refractivity contribution in [3.63, 3.8) is 0 Å². The number of hydrogen-bond donors (Lipinski definition) is 1. The minimum atomic E-state index is -2.13. The maximum Gasteiger partial charge on any atom is 0.341 e. The Morgan fingerprint density at radius 2 is 1.93 bits per heavy atom. The Labute approximate surface area is 175 Å². The fourth-order valence-electron chi connectivity index (χ4n) is 3.83. The summed E-state index contributed by atoms with van der Waals surface area (Å²) in [6.45, 7) is 11.8. The lowest BCUT2D eigenvalue weighted by molar-refractivity contribution is -0.190. The van der Waals surface area contributed by atoms with Crippen molar-refractivity contribution in [3.8, 4) is 0 Å². The molecule has 164 valence electrons. The molecular weight excluding hydrogens is 392 g/mol. The molecule has 0 amide bonds. The van der Waals surface area contributed by atoms with Crippen molar-refractivity contribution in [2.75, 3.05) is 0 Å². The molecule has 8 heteroatoms. The van der Waals surface area contributed by atoms with Crippen molar-refractivity contribution >= 4 is 17.9 Å². The van der Waals surface area contributed by atoms with Crippen LogP contribution in [0.25, 0.3) is 0 Å². The van der Waals surface area contributed by atoms with Gasteiger partial charge >= 0.3 is 17.9 Å². The van der Waals surface area contributed by atoms with Crippen LogP contribution in [-0.4, -0.2) is 58.6 Å². The van der Waals surface area contributed by atoms with Gasteiger partial charge in [-0.1, -0.05) is 18.2 Å². The number of rotatable bonds is 3. The van der Waals surface area contributed by atoms with Crippen LogP contribution in [0.5, 0.6) is 0 Å². The van der Waals surface area contributed by atoms with Crippen LogP contribution in [0, 0.1) is 0 Å². The second-order valence-corrected chi connectivity index (χ2v) is 8.35. The van der Waals surface area contributed by atoms with E-state index in [4.69, 9.17) is 18.9 Å². The molecule has 2 heterocycles. The zero-order chi connectivity index (χ0) is 22.4. The van der Waals surface area contributed by atoms with E-state index in [-0.39, 0.29) is 11.7 Å². The molecule has 2 aliphatic heterocycles. The van der Waals surface area contributed by atoms with Gasteiger partial charge in [0.05, 0.1) is 11.7 Å². The topological polar surface area (TPSA) is 112 Å². The molecule has 0 aromatic carbocycles. The first-order valence-corrected chi connectivity index (χ1v) is 9.94. The van der Waals surface area contributed by atoms with E-state index in [0.717, 1.165) is 5.57 Å². The summed E-state index contributed by atoms with van der Waals surface area (Å²) in [4.78, 5) is 37.1. The summed E-state index contributed by atoms with van der Waals surface area (Å²) in [5, 5.41) is 11.7. The lowest BCUT2D eigenvalue weighted by Crippen LogP contribution is -2.58. The number of fused-ring (bicyclic) bond motifs is 1. The van der Waals surface area contributed by atoms with Crippen LogP contribution < -0.4 is 0 Å². The third-order valence-corrected chi connectivity index (χ3v) is 6.07. The molecule has 6 atom stereocenters. The Bertz CT molecular complexity index is 855. The number of epoxide rings is 1. The summed E-state index contributed by atoms with van der Waals surface area (Å²) in [5.41, 5.74) is -2.13. The van der Waals surface area contributed by atoms with Gasteiger partial charge < -0.3 is 24.1 Å². The number of esters is 3. The maximum atomic E-state index is 12.9. The molecule has 1 N–H and O–H groups in total. The Balaban J connectivity index is 2.13. The Kier molecular flexibility index (Phi) is 5.68. The zero-order valence-corrected chi connectivity index (χ0v) is 17.9. The first kappa shape index (κ1) is 22.2. The third-order valence-electron chi connectivity index (χ3n) is 6.07. The summed E-state index contributed by atoms with van der Waals surface area (Å²) in [5.74, 6) is -2.17. The maximum absolute atomic E-state index is 12.9. The van der Waals surface area contributed by atoms with E-state index in [9.17, 15) is 19.5 Å². The third kappa shape index (κ3) is 3.70. The highest BCUT2D eigenvalue weighted by Crippen LogP contribution is 2.43. The molecule has 30 heavy (non-hydrogen) atoms. The van der Waals surface area contributed by atoms with Gasteiger partial charge in [-0.15, -0.1) is 0 Å². The normalized spacial score (nSPS) is 42.1. The summed E-state index contributed by atoms with van der Waals surface area (Å²) < 4.78 is 21.9. The summed E-state index contributed by atoms with van der Waals surface area (Å²) in [6.07, 6.45) is 0.621. The molecule has 2 unspecified atom stereocenters. The van der Waals surface area contributed by atoms with E-state index < -0.39 is 47.4 Å². The van der Waals surface area contributed by atoms with Gasteiger partial charge in [-0.3, -0.25) is 4.79 Å². The van der Waals surface area contributed by atoms with Crippen molar-refractivity contribution in [3.05, 3.63) is 35.5 Å². The first-order valence-electron chi connectivity index (χ1n) is 9.94. The molecule has 0 saturated carbocycles. The van der Waals surface area contributed by atoms with E-state index in [0.29, 0.717) is 18.4 Å². The highest BCUT2D eigenvalue weighted by Gasteiger charge is 2.64. The average molecular weight is 420 g/mol. The minimum absolute atomic E-state index is 0.269. The fraction of sp³-hybridized carbons (Fsp3) is 0.591. The molecule has 3 aliphatic rings. The number of aliphatic hydroxyl groups is 1. The van der Waals surface area contributed by atoms with Crippen molar-refractivity contribution in [2.24, 2.45) is 0 Å². The molecule has 2 saturated heterocycles. The van der Waals surface area contributed by atoms with Crippen molar-refractivity contribution in [1.29, 1.82) is 0 Å². The first-order chi connectivity index (χ1) is 13.9. The predicted octanol–water partition coefficient (Wildman–Crippen LogP) is 1.91. The lowest BCUT2D eigenvalue weighted by atomic mass is 9.79. The number of hydrogen-bond acceptors (Lipinski definition) is 8. The van der Waals surface area contributed by atoms with E-state index in [1.54, 1.807) is 26.8 Å². The molecule has 0 aromatic rings. The van der Waals surface area contributed by atoms with Crippen molar-refractivity contribution < 1.29 is 38.4 Å². The summed E-state index contributed by atoms with van der Waals surface area (Å²) >= 11 is 0. The standard InChI is InChI=1S/C22H28O8/c1-11-8-7-9-12(2)17(27-15(5)23)18(29-20(25)21(6)14(4)30-21)22(26)13(3)19(24)28-16(22)10-11/h9-10,14,16-18,26H,3,7-8H2,1-2,4-6H3/b11-10-,12-9+/t14?,16-,17+,18-,21?,22+/m0/s1. The second-order valence-electron chi connectivity index (χ2n) is 8.35. The van der Waals surface area contributed by atoms with Crippen LogP contribution in [0.2, 0.25) is 0 Å². The predicted molar refractivity (Wildman–Crippen MR) is 105 cm³/mol. The highest BCUT2D eigenvalue weighted by atomic mass is 16.7. The number of carbonyl (C=O) groups excluding carboxylic acids is 3. The van der Waals surface area contributed by atoms with Gasteiger partial charge in [0.25, 0.3) is 0 Å². The lowest BCUT2D eigenvalue weighted by Gasteiger charge is -2.39. The van der Waals surface area contributed by atoms with Gasteiger partial charge in [-0.2, -0.15) is 0 Å². The van der Waals surface area contributed by atoms with Gasteiger partial charge in [-0.25, -0.2) is 9.59 Å².